The van der Waals surface area contributed by atoms with Crippen molar-refractivity contribution in [3.63, 3.8) is 0 Å². The van der Waals surface area contributed by atoms with Crippen molar-refractivity contribution < 1.29 is 4.92 Å². The zero-order valence-electron chi connectivity index (χ0n) is 16.2. The molecule has 5 aromatic rings. The molecule has 0 unspecified atom stereocenters. The maximum Gasteiger partial charge on any atom is 0.293 e. The second-order valence-corrected chi connectivity index (χ2v) is 6.91. The molecular formula is C23H16N6O2. The first-order valence-corrected chi connectivity index (χ1v) is 9.56. The van der Waals surface area contributed by atoms with Crippen LogP contribution in [0, 0.1) is 10.1 Å². The van der Waals surface area contributed by atoms with Crippen LogP contribution in [0.4, 0.5) is 17.1 Å². The molecule has 2 heterocycles. The molecule has 31 heavy (non-hydrogen) atoms. The van der Waals surface area contributed by atoms with E-state index in [1.165, 1.54) is 6.07 Å². The minimum absolute atomic E-state index is 0.0442. The van der Waals surface area contributed by atoms with Gasteiger partial charge < -0.3 is 10.3 Å². The number of nitrogens with zero attached hydrogens (tertiary/aromatic N) is 4. The number of hydrogen-bond donors (Lipinski definition) is 2. The second-order valence-electron chi connectivity index (χ2n) is 6.91. The van der Waals surface area contributed by atoms with Crippen LogP contribution in [0.5, 0.6) is 0 Å². The number of aromatic nitrogens is 4. The van der Waals surface area contributed by atoms with Crippen LogP contribution in [0.15, 0.2) is 85.1 Å². The van der Waals surface area contributed by atoms with Gasteiger partial charge in [0.05, 0.1) is 21.7 Å². The molecule has 0 amide bonds. The molecule has 0 fully saturated rings. The molecule has 8 heteroatoms. The summed E-state index contributed by atoms with van der Waals surface area (Å²) in [5.74, 6) is 0.734. The number of aromatic amines is 1. The van der Waals surface area contributed by atoms with E-state index < -0.39 is 4.92 Å². The van der Waals surface area contributed by atoms with Crippen molar-refractivity contribution in [1.29, 1.82) is 0 Å². The summed E-state index contributed by atoms with van der Waals surface area (Å²) in [4.78, 5) is 19.2. The molecule has 0 aliphatic rings. The standard InChI is InChI=1S/C23H16N6O2/c30-29(31)22-14-15(18-9-4-12-24-28-18)10-11-21(22)25-17-6-3-5-16(13-17)23-26-19-7-1-2-8-20(19)27-23/h1-14,25H,(H,26,27). The third-order valence-corrected chi connectivity index (χ3v) is 4.87. The Morgan fingerprint density at radius 3 is 2.61 bits per heavy atom. The van der Waals surface area contributed by atoms with E-state index in [1.54, 1.807) is 30.5 Å². The molecule has 0 atom stereocenters. The molecule has 3 aromatic carbocycles. The van der Waals surface area contributed by atoms with Crippen LogP contribution < -0.4 is 5.32 Å². The SMILES string of the molecule is O=[N+]([O-])c1cc(-c2cccnn2)ccc1Nc1cccc(-c2nc3ccccc3[nH]2)c1. The Morgan fingerprint density at radius 2 is 1.81 bits per heavy atom. The first kappa shape index (κ1) is 18.4. The van der Waals surface area contributed by atoms with Crippen molar-refractivity contribution in [2.45, 2.75) is 0 Å². The summed E-state index contributed by atoms with van der Waals surface area (Å²) in [6.45, 7) is 0. The Hall–Kier alpha value is -4.59. The van der Waals surface area contributed by atoms with Crippen molar-refractivity contribution in [2.75, 3.05) is 5.32 Å². The smallest absolute Gasteiger partial charge is 0.293 e. The van der Waals surface area contributed by atoms with Gasteiger partial charge in [0.25, 0.3) is 5.69 Å². The van der Waals surface area contributed by atoms with Crippen LogP contribution >= 0.6 is 0 Å². The van der Waals surface area contributed by atoms with E-state index >= 15 is 0 Å². The number of rotatable bonds is 5. The maximum atomic E-state index is 11.7. The first-order chi connectivity index (χ1) is 15.2. The predicted octanol–water partition coefficient (Wildman–Crippen LogP) is 5.34. The van der Waals surface area contributed by atoms with Crippen LogP contribution in [-0.4, -0.2) is 25.1 Å². The van der Waals surface area contributed by atoms with Gasteiger partial charge in [0.1, 0.15) is 11.5 Å². The predicted molar refractivity (Wildman–Crippen MR) is 119 cm³/mol. The van der Waals surface area contributed by atoms with Gasteiger partial charge in [-0.3, -0.25) is 10.1 Å². The highest BCUT2D eigenvalue weighted by Crippen LogP contribution is 2.33. The quantitative estimate of drug-likeness (QED) is 0.300. The van der Waals surface area contributed by atoms with E-state index in [9.17, 15) is 10.1 Å². The highest BCUT2D eigenvalue weighted by molar-refractivity contribution is 5.81. The van der Waals surface area contributed by atoms with Gasteiger partial charge in [0, 0.05) is 29.1 Å². The molecule has 0 aliphatic carbocycles. The third-order valence-electron chi connectivity index (χ3n) is 4.87. The average Bonchev–Trinajstić information content (AvgIpc) is 3.24. The summed E-state index contributed by atoms with van der Waals surface area (Å²) >= 11 is 0. The van der Waals surface area contributed by atoms with E-state index in [2.05, 4.69) is 25.5 Å². The normalized spacial score (nSPS) is 10.8. The largest absolute Gasteiger partial charge is 0.350 e. The van der Waals surface area contributed by atoms with Gasteiger partial charge in [-0.15, -0.1) is 0 Å². The Morgan fingerprint density at radius 1 is 0.903 bits per heavy atom. The lowest BCUT2D eigenvalue weighted by Gasteiger charge is -2.09. The Bertz CT molecular complexity index is 1360. The summed E-state index contributed by atoms with van der Waals surface area (Å²) in [6.07, 6.45) is 1.56. The number of nitrogens with one attached hydrogen (secondary N) is 2. The Balaban J connectivity index is 1.48. The van der Waals surface area contributed by atoms with Gasteiger partial charge in [0.15, 0.2) is 0 Å². The number of nitro groups is 1. The Labute approximate surface area is 176 Å². The summed E-state index contributed by atoms with van der Waals surface area (Å²) in [5, 5.41) is 22.7. The highest BCUT2D eigenvalue weighted by Gasteiger charge is 2.16. The summed E-state index contributed by atoms with van der Waals surface area (Å²) in [7, 11) is 0. The average molecular weight is 408 g/mol. The van der Waals surface area contributed by atoms with Crippen LogP contribution in [0.3, 0.4) is 0 Å². The molecule has 0 saturated carbocycles. The minimum atomic E-state index is -0.411. The summed E-state index contributed by atoms with van der Waals surface area (Å²) < 4.78 is 0. The number of anilines is 2. The molecule has 0 bridgehead atoms. The molecule has 0 radical (unpaired) electrons. The van der Waals surface area contributed by atoms with E-state index in [1.807, 2.05) is 48.5 Å². The van der Waals surface area contributed by atoms with Gasteiger partial charge in [-0.25, -0.2) is 4.98 Å². The van der Waals surface area contributed by atoms with E-state index in [0.29, 0.717) is 22.6 Å². The van der Waals surface area contributed by atoms with Crippen molar-refractivity contribution in [2.24, 2.45) is 0 Å². The lowest BCUT2D eigenvalue weighted by atomic mass is 10.1. The molecule has 2 N–H and O–H groups in total. The first-order valence-electron chi connectivity index (χ1n) is 9.56. The number of benzene rings is 3. The molecule has 150 valence electrons. The maximum absolute atomic E-state index is 11.7. The van der Waals surface area contributed by atoms with Crippen molar-refractivity contribution in [3.05, 3.63) is 95.2 Å². The molecule has 2 aromatic heterocycles. The van der Waals surface area contributed by atoms with Crippen molar-refractivity contribution >= 4 is 28.1 Å². The number of nitro benzene ring substituents is 1. The lowest BCUT2D eigenvalue weighted by molar-refractivity contribution is -0.383. The van der Waals surface area contributed by atoms with Gasteiger partial charge in [-0.05, 0) is 42.5 Å². The fourth-order valence-corrected chi connectivity index (χ4v) is 3.39. The van der Waals surface area contributed by atoms with Crippen molar-refractivity contribution in [3.8, 4) is 22.6 Å². The van der Waals surface area contributed by atoms with Gasteiger partial charge in [-0.1, -0.05) is 30.3 Å². The fraction of sp³-hybridized carbons (Fsp3) is 0. The highest BCUT2D eigenvalue weighted by atomic mass is 16.6. The summed E-state index contributed by atoms with van der Waals surface area (Å²) in [5.41, 5.74) is 4.97. The van der Waals surface area contributed by atoms with Crippen molar-refractivity contribution in [1.82, 2.24) is 20.2 Å². The molecule has 0 saturated heterocycles. The van der Waals surface area contributed by atoms with E-state index in [0.717, 1.165) is 22.4 Å². The fourth-order valence-electron chi connectivity index (χ4n) is 3.39. The third kappa shape index (κ3) is 3.69. The molecule has 8 nitrogen and oxygen atoms in total. The van der Waals surface area contributed by atoms with Crippen LogP contribution in [0.25, 0.3) is 33.7 Å². The Kier molecular flexibility index (Phi) is 4.57. The van der Waals surface area contributed by atoms with E-state index in [4.69, 9.17) is 0 Å². The number of para-hydroxylation sites is 2. The van der Waals surface area contributed by atoms with Crippen LogP contribution in [0.2, 0.25) is 0 Å². The monoisotopic (exact) mass is 408 g/mol. The number of fused-ring (bicyclic) bond motifs is 1. The molecule has 0 aliphatic heterocycles. The molecule has 0 spiro atoms. The van der Waals surface area contributed by atoms with E-state index in [-0.39, 0.29) is 5.69 Å². The molecule has 5 rings (SSSR count). The van der Waals surface area contributed by atoms with Gasteiger partial charge >= 0.3 is 0 Å². The summed E-state index contributed by atoms with van der Waals surface area (Å²) in [6, 6.07) is 23.8. The number of imidazole rings is 1. The van der Waals surface area contributed by atoms with Crippen LogP contribution in [-0.2, 0) is 0 Å². The zero-order valence-corrected chi connectivity index (χ0v) is 16.2. The van der Waals surface area contributed by atoms with Gasteiger partial charge in [0.2, 0.25) is 0 Å². The zero-order chi connectivity index (χ0) is 21.2. The topological polar surface area (TPSA) is 110 Å². The van der Waals surface area contributed by atoms with Gasteiger partial charge in [-0.2, -0.15) is 10.2 Å². The molecular weight excluding hydrogens is 392 g/mol. The number of hydrogen-bond acceptors (Lipinski definition) is 6. The lowest BCUT2D eigenvalue weighted by Crippen LogP contribution is -1.98. The number of H-pyrrole nitrogens is 1. The van der Waals surface area contributed by atoms with Crippen LogP contribution in [0.1, 0.15) is 0 Å². The minimum Gasteiger partial charge on any atom is -0.350 e. The second kappa shape index (κ2) is 7.68.